The first-order chi connectivity index (χ1) is 9.11. The van der Waals surface area contributed by atoms with Crippen LogP contribution in [0.3, 0.4) is 0 Å². The summed E-state index contributed by atoms with van der Waals surface area (Å²) >= 11 is 5.91. The lowest BCUT2D eigenvalue weighted by molar-refractivity contribution is 0.293. The topological polar surface area (TPSA) is 26.0 Å². The molecule has 2 aliphatic rings. The van der Waals surface area contributed by atoms with Gasteiger partial charge >= 0.3 is 0 Å². The number of hydrogen-bond acceptors (Lipinski definition) is 1. The first-order valence-corrected chi connectivity index (χ1v) is 7.69. The largest absolute Gasteiger partial charge is 0.327 e. The van der Waals surface area contributed by atoms with Gasteiger partial charge in [-0.05, 0) is 73.6 Å². The van der Waals surface area contributed by atoms with E-state index in [4.69, 9.17) is 17.3 Å². The predicted octanol–water partition coefficient (Wildman–Crippen LogP) is 4.18. The lowest BCUT2D eigenvalue weighted by Crippen LogP contribution is -2.28. The first-order valence-electron chi connectivity index (χ1n) is 7.31. The molecule has 104 valence electrons. The van der Waals surface area contributed by atoms with E-state index < -0.39 is 0 Å². The molecule has 4 atom stereocenters. The van der Waals surface area contributed by atoms with Gasteiger partial charge in [-0.3, -0.25) is 0 Å². The second-order valence-corrected chi connectivity index (χ2v) is 6.81. The molecule has 2 N–H and O–H groups in total. The van der Waals surface area contributed by atoms with Crippen molar-refractivity contribution in [3.8, 4) is 0 Å². The molecule has 2 saturated carbocycles. The number of benzene rings is 1. The Morgan fingerprint density at radius 1 is 1.32 bits per heavy atom. The molecule has 4 unspecified atom stereocenters. The zero-order chi connectivity index (χ0) is 13.4. The van der Waals surface area contributed by atoms with Crippen LogP contribution in [0.25, 0.3) is 0 Å². The minimum atomic E-state index is -0.187. The third kappa shape index (κ3) is 2.95. The molecular weight excluding hydrogens is 261 g/mol. The van der Waals surface area contributed by atoms with Crippen molar-refractivity contribution in [1.82, 2.24) is 0 Å². The van der Waals surface area contributed by atoms with Crippen molar-refractivity contribution in [2.24, 2.45) is 23.5 Å². The van der Waals surface area contributed by atoms with Crippen molar-refractivity contribution in [3.05, 3.63) is 34.6 Å². The Morgan fingerprint density at radius 3 is 2.84 bits per heavy atom. The molecule has 1 aromatic rings. The fraction of sp³-hybridized carbons (Fsp3) is 0.625. The predicted molar refractivity (Wildman–Crippen MR) is 76.6 cm³/mol. The van der Waals surface area contributed by atoms with Gasteiger partial charge in [0, 0.05) is 11.1 Å². The van der Waals surface area contributed by atoms with Gasteiger partial charge in [0.15, 0.2) is 0 Å². The maximum absolute atomic E-state index is 13.7. The van der Waals surface area contributed by atoms with Gasteiger partial charge in [-0.15, -0.1) is 0 Å². The monoisotopic (exact) mass is 281 g/mol. The molecule has 2 aliphatic carbocycles. The molecule has 19 heavy (non-hydrogen) atoms. The average molecular weight is 282 g/mol. The van der Waals surface area contributed by atoms with Crippen LogP contribution in [0.2, 0.25) is 5.02 Å². The third-order valence-corrected chi connectivity index (χ3v) is 5.21. The standard InChI is InChI=1S/C16H21ClFN/c17-14-3-4-16(18)13(7-14)9-15(19)8-12-6-10-1-2-11(12)5-10/h3-4,7,10-12,15H,1-2,5-6,8-9,19H2. The van der Waals surface area contributed by atoms with Gasteiger partial charge < -0.3 is 5.73 Å². The van der Waals surface area contributed by atoms with Gasteiger partial charge in [-0.2, -0.15) is 0 Å². The van der Waals surface area contributed by atoms with Crippen LogP contribution >= 0.6 is 11.6 Å². The molecule has 2 bridgehead atoms. The van der Waals surface area contributed by atoms with Crippen molar-refractivity contribution in [2.75, 3.05) is 0 Å². The van der Waals surface area contributed by atoms with Crippen molar-refractivity contribution >= 4 is 11.6 Å². The third-order valence-electron chi connectivity index (χ3n) is 4.98. The first kappa shape index (κ1) is 13.4. The molecule has 0 aromatic heterocycles. The minimum Gasteiger partial charge on any atom is -0.327 e. The lowest BCUT2D eigenvalue weighted by Gasteiger charge is -2.24. The molecule has 3 rings (SSSR count). The summed E-state index contributed by atoms with van der Waals surface area (Å²) in [5, 5.41) is 0.587. The van der Waals surface area contributed by atoms with E-state index >= 15 is 0 Å². The van der Waals surface area contributed by atoms with Gasteiger partial charge in [0.25, 0.3) is 0 Å². The van der Waals surface area contributed by atoms with Crippen LogP contribution in [0.5, 0.6) is 0 Å². The highest BCUT2D eigenvalue weighted by atomic mass is 35.5. The number of nitrogens with two attached hydrogens (primary N) is 1. The molecule has 0 amide bonds. The summed E-state index contributed by atoms with van der Waals surface area (Å²) in [5.74, 6) is 2.43. The SMILES string of the molecule is NC(Cc1cc(Cl)ccc1F)CC1CC2CCC1C2. The zero-order valence-corrected chi connectivity index (χ0v) is 11.9. The fourth-order valence-electron chi connectivity index (χ4n) is 4.12. The second-order valence-electron chi connectivity index (χ2n) is 6.37. The van der Waals surface area contributed by atoms with E-state index in [1.165, 1.54) is 31.7 Å². The molecule has 1 aromatic carbocycles. The number of halogens is 2. The summed E-state index contributed by atoms with van der Waals surface area (Å²) in [7, 11) is 0. The Hall–Kier alpha value is -0.600. The van der Waals surface area contributed by atoms with E-state index in [9.17, 15) is 4.39 Å². The molecule has 0 saturated heterocycles. The van der Waals surface area contributed by atoms with E-state index in [0.29, 0.717) is 17.0 Å². The van der Waals surface area contributed by atoms with Crippen LogP contribution in [-0.4, -0.2) is 6.04 Å². The van der Waals surface area contributed by atoms with E-state index in [1.807, 2.05) is 0 Å². The molecular formula is C16H21ClFN. The van der Waals surface area contributed by atoms with E-state index in [2.05, 4.69) is 0 Å². The molecule has 1 nitrogen and oxygen atoms in total. The van der Waals surface area contributed by atoms with Gasteiger partial charge in [0.2, 0.25) is 0 Å². The van der Waals surface area contributed by atoms with Crippen LogP contribution in [0.4, 0.5) is 4.39 Å². The van der Waals surface area contributed by atoms with E-state index in [1.54, 1.807) is 12.1 Å². The lowest BCUT2D eigenvalue weighted by atomic mass is 9.83. The summed E-state index contributed by atoms with van der Waals surface area (Å²) in [6.07, 6.45) is 7.18. The second kappa shape index (κ2) is 5.41. The molecule has 0 radical (unpaired) electrons. The van der Waals surface area contributed by atoms with Crippen molar-refractivity contribution in [2.45, 2.75) is 44.6 Å². The van der Waals surface area contributed by atoms with Gasteiger partial charge in [0.1, 0.15) is 5.82 Å². The van der Waals surface area contributed by atoms with Crippen LogP contribution < -0.4 is 5.73 Å². The summed E-state index contributed by atoms with van der Waals surface area (Å²) in [5.41, 5.74) is 6.88. The minimum absolute atomic E-state index is 0.0531. The number of rotatable bonds is 4. The number of hydrogen-bond donors (Lipinski definition) is 1. The summed E-state index contributed by atoms with van der Waals surface area (Å²) in [6.45, 7) is 0. The van der Waals surface area contributed by atoms with Crippen molar-refractivity contribution in [3.63, 3.8) is 0 Å². The van der Waals surface area contributed by atoms with Crippen molar-refractivity contribution < 1.29 is 4.39 Å². The molecule has 0 aliphatic heterocycles. The van der Waals surface area contributed by atoms with Crippen LogP contribution in [0.15, 0.2) is 18.2 Å². The highest BCUT2D eigenvalue weighted by Crippen LogP contribution is 2.49. The fourth-order valence-corrected chi connectivity index (χ4v) is 4.31. The van der Waals surface area contributed by atoms with E-state index in [0.717, 1.165) is 24.2 Å². The Bertz CT molecular complexity index is 462. The zero-order valence-electron chi connectivity index (χ0n) is 11.1. The molecule has 0 heterocycles. The summed E-state index contributed by atoms with van der Waals surface area (Å²) < 4.78 is 13.7. The van der Waals surface area contributed by atoms with Gasteiger partial charge in [-0.25, -0.2) is 4.39 Å². The molecule has 0 spiro atoms. The maximum atomic E-state index is 13.7. The smallest absolute Gasteiger partial charge is 0.126 e. The van der Waals surface area contributed by atoms with Crippen molar-refractivity contribution in [1.29, 1.82) is 0 Å². The highest BCUT2D eigenvalue weighted by molar-refractivity contribution is 6.30. The molecule has 3 heteroatoms. The Labute approximate surface area is 119 Å². The molecule has 2 fully saturated rings. The Balaban J connectivity index is 1.59. The highest BCUT2D eigenvalue weighted by Gasteiger charge is 2.39. The van der Waals surface area contributed by atoms with Gasteiger partial charge in [-0.1, -0.05) is 18.0 Å². The van der Waals surface area contributed by atoms with Gasteiger partial charge in [0.05, 0.1) is 0 Å². The summed E-state index contributed by atoms with van der Waals surface area (Å²) in [6, 6.07) is 4.78. The van der Waals surface area contributed by atoms with Crippen LogP contribution in [0.1, 0.15) is 37.7 Å². The Morgan fingerprint density at radius 2 is 2.16 bits per heavy atom. The maximum Gasteiger partial charge on any atom is 0.126 e. The van der Waals surface area contributed by atoms with Crippen LogP contribution in [-0.2, 0) is 6.42 Å². The average Bonchev–Trinajstić information content (AvgIpc) is 2.96. The normalized spacial score (nSPS) is 30.8. The van der Waals surface area contributed by atoms with E-state index in [-0.39, 0.29) is 11.9 Å². The number of fused-ring (bicyclic) bond motifs is 2. The summed E-state index contributed by atoms with van der Waals surface area (Å²) in [4.78, 5) is 0. The van der Waals surface area contributed by atoms with Crippen LogP contribution in [0, 0.1) is 23.6 Å². The quantitative estimate of drug-likeness (QED) is 0.880. The Kier molecular flexibility index (Phi) is 3.81.